The Balaban J connectivity index is 1.62. The standard InChI is InChI=1S/C18H12FN3OS/c19-12-5-7-13(8-6-12)21-18-22-17(23)16(24-18)9-11-10-20-15-4-2-1-3-14(11)15/h1-10,23H,(H,21,22). The average molecular weight is 337 g/mol. The summed E-state index contributed by atoms with van der Waals surface area (Å²) in [4.78, 5) is 9.09. The molecule has 0 radical (unpaired) electrons. The molecule has 6 heteroatoms. The molecule has 2 aromatic carbocycles. The van der Waals surface area contributed by atoms with Crippen molar-refractivity contribution in [1.29, 1.82) is 0 Å². The van der Waals surface area contributed by atoms with Crippen LogP contribution in [0.3, 0.4) is 0 Å². The smallest absolute Gasteiger partial charge is 0.231 e. The van der Waals surface area contributed by atoms with Crippen molar-refractivity contribution in [2.45, 2.75) is 0 Å². The van der Waals surface area contributed by atoms with Gasteiger partial charge in [-0.2, -0.15) is 4.98 Å². The number of benzene rings is 2. The van der Waals surface area contributed by atoms with Crippen LogP contribution < -0.4 is 5.32 Å². The van der Waals surface area contributed by atoms with Crippen molar-refractivity contribution in [3.63, 3.8) is 0 Å². The molecule has 118 valence electrons. The number of anilines is 2. The molecule has 2 N–H and O–H groups in total. The molecule has 1 aromatic heterocycles. The highest BCUT2D eigenvalue weighted by atomic mass is 32.1. The molecule has 0 bridgehead atoms. The minimum atomic E-state index is -0.299. The van der Waals surface area contributed by atoms with Crippen molar-refractivity contribution in [3.8, 4) is 5.88 Å². The minimum absolute atomic E-state index is 0.0464. The molecule has 0 unspecified atom stereocenters. The Morgan fingerprint density at radius 2 is 1.88 bits per heavy atom. The number of aliphatic imine (C=N–C) groups is 1. The molecule has 0 amide bonds. The van der Waals surface area contributed by atoms with E-state index in [9.17, 15) is 9.50 Å². The van der Waals surface area contributed by atoms with Gasteiger partial charge in [0.1, 0.15) is 5.82 Å². The van der Waals surface area contributed by atoms with Crippen LogP contribution in [0.25, 0.3) is 11.6 Å². The summed E-state index contributed by atoms with van der Waals surface area (Å²) in [6.45, 7) is 0. The van der Waals surface area contributed by atoms with Crippen molar-refractivity contribution < 1.29 is 9.50 Å². The fourth-order valence-electron chi connectivity index (χ4n) is 2.42. The van der Waals surface area contributed by atoms with Gasteiger partial charge in [-0.1, -0.05) is 29.5 Å². The molecular formula is C18H12FN3OS. The first-order valence-electron chi connectivity index (χ1n) is 7.26. The van der Waals surface area contributed by atoms with Gasteiger partial charge in [0, 0.05) is 23.0 Å². The van der Waals surface area contributed by atoms with E-state index in [1.54, 1.807) is 18.3 Å². The van der Waals surface area contributed by atoms with Crippen molar-refractivity contribution in [1.82, 2.24) is 4.98 Å². The maximum absolute atomic E-state index is 12.9. The summed E-state index contributed by atoms with van der Waals surface area (Å²) in [5.74, 6) is -0.345. The van der Waals surface area contributed by atoms with Gasteiger partial charge in [-0.05, 0) is 36.4 Å². The van der Waals surface area contributed by atoms with Gasteiger partial charge in [-0.15, -0.1) is 0 Å². The zero-order valence-corrected chi connectivity index (χ0v) is 13.2. The summed E-state index contributed by atoms with van der Waals surface area (Å²) in [7, 11) is 0. The Morgan fingerprint density at radius 3 is 2.71 bits per heavy atom. The van der Waals surface area contributed by atoms with Crippen LogP contribution in [0.15, 0.2) is 53.5 Å². The monoisotopic (exact) mass is 337 g/mol. The van der Waals surface area contributed by atoms with Crippen molar-refractivity contribution in [2.24, 2.45) is 4.99 Å². The van der Waals surface area contributed by atoms with Crippen LogP contribution in [0.1, 0.15) is 10.4 Å². The van der Waals surface area contributed by atoms with E-state index in [0.29, 0.717) is 15.7 Å². The summed E-state index contributed by atoms with van der Waals surface area (Å²) in [5, 5.41) is 13.7. The number of hydrogen-bond donors (Lipinski definition) is 2. The Labute approximate surface area is 141 Å². The molecule has 1 aliphatic rings. The van der Waals surface area contributed by atoms with Gasteiger partial charge in [0.05, 0.1) is 10.6 Å². The number of aromatic nitrogens is 1. The number of para-hydroxylation sites is 1. The van der Waals surface area contributed by atoms with Crippen LogP contribution in [0.2, 0.25) is 0 Å². The summed E-state index contributed by atoms with van der Waals surface area (Å²) in [5.41, 5.74) is 3.57. The number of hydrogen-bond acceptors (Lipinski definition) is 5. The van der Waals surface area contributed by atoms with E-state index in [0.717, 1.165) is 16.8 Å². The second kappa shape index (κ2) is 5.90. The third kappa shape index (κ3) is 2.79. The fraction of sp³-hybridized carbons (Fsp3) is 0. The number of rotatable bonds is 3. The van der Waals surface area contributed by atoms with Crippen molar-refractivity contribution in [3.05, 3.63) is 64.8 Å². The van der Waals surface area contributed by atoms with E-state index < -0.39 is 0 Å². The highest BCUT2D eigenvalue weighted by Crippen LogP contribution is 2.37. The highest BCUT2D eigenvalue weighted by Gasteiger charge is 2.14. The van der Waals surface area contributed by atoms with Gasteiger partial charge < -0.3 is 10.4 Å². The number of fused-ring (bicyclic) bond motifs is 1. The molecule has 0 atom stereocenters. The third-order valence-electron chi connectivity index (χ3n) is 3.57. The predicted octanol–water partition coefficient (Wildman–Crippen LogP) is 4.99. The van der Waals surface area contributed by atoms with Gasteiger partial charge in [0.25, 0.3) is 0 Å². The third-order valence-corrected chi connectivity index (χ3v) is 4.48. The van der Waals surface area contributed by atoms with E-state index >= 15 is 0 Å². The van der Waals surface area contributed by atoms with Gasteiger partial charge >= 0.3 is 0 Å². The van der Waals surface area contributed by atoms with Crippen molar-refractivity contribution >= 4 is 45.7 Å². The number of nitrogens with zero attached hydrogens (tertiary/aromatic N) is 2. The zero-order valence-electron chi connectivity index (χ0n) is 12.4. The molecule has 4 rings (SSSR count). The second-order valence-electron chi connectivity index (χ2n) is 5.21. The van der Waals surface area contributed by atoms with E-state index in [1.807, 2.05) is 30.3 Å². The molecule has 1 aliphatic heterocycles. The number of thiazole rings is 1. The van der Waals surface area contributed by atoms with E-state index in [2.05, 4.69) is 15.3 Å². The maximum atomic E-state index is 12.9. The lowest BCUT2D eigenvalue weighted by Crippen LogP contribution is -1.88. The lowest BCUT2D eigenvalue weighted by Gasteiger charge is -2.00. The maximum Gasteiger partial charge on any atom is 0.231 e. The molecule has 2 heterocycles. The Morgan fingerprint density at radius 1 is 1.08 bits per heavy atom. The van der Waals surface area contributed by atoms with Gasteiger partial charge in [0.15, 0.2) is 5.13 Å². The molecule has 0 aliphatic carbocycles. The van der Waals surface area contributed by atoms with Gasteiger partial charge in [0.2, 0.25) is 5.88 Å². The van der Waals surface area contributed by atoms with Crippen LogP contribution in [0, 0.1) is 5.82 Å². The molecule has 3 aromatic rings. The highest BCUT2D eigenvalue weighted by molar-refractivity contribution is 7.16. The quantitative estimate of drug-likeness (QED) is 0.708. The number of nitrogens with one attached hydrogen (secondary N) is 1. The van der Waals surface area contributed by atoms with E-state index in [4.69, 9.17) is 0 Å². The van der Waals surface area contributed by atoms with Crippen LogP contribution in [-0.4, -0.2) is 16.3 Å². The second-order valence-corrected chi connectivity index (χ2v) is 6.24. The Hall–Kier alpha value is -2.99. The number of allylic oxidation sites excluding steroid dienone is 1. The number of aromatic hydroxyl groups is 1. The molecule has 4 nitrogen and oxygen atoms in total. The summed E-state index contributed by atoms with van der Waals surface area (Å²) in [6.07, 6.45) is 3.63. The fourth-order valence-corrected chi connectivity index (χ4v) is 3.26. The van der Waals surface area contributed by atoms with Crippen LogP contribution in [-0.2, 0) is 0 Å². The normalized spacial score (nSPS) is 14.1. The first kappa shape index (κ1) is 14.6. The molecule has 24 heavy (non-hydrogen) atoms. The van der Waals surface area contributed by atoms with Crippen LogP contribution >= 0.6 is 11.3 Å². The van der Waals surface area contributed by atoms with Crippen LogP contribution in [0.5, 0.6) is 5.88 Å². The Kier molecular flexibility index (Phi) is 3.59. The summed E-state index contributed by atoms with van der Waals surface area (Å²) >= 11 is 1.32. The number of halogens is 1. The lowest BCUT2D eigenvalue weighted by molar-refractivity contribution is 0.457. The summed E-state index contributed by atoms with van der Waals surface area (Å²) < 4.78 is 12.9. The SMILES string of the molecule is Oc1nc(Nc2ccc(F)cc2)sc1C=C1C=Nc2ccccc21. The molecule has 0 saturated carbocycles. The van der Waals surface area contributed by atoms with E-state index in [1.165, 1.54) is 23.5 Å². The van der Waals surface area contributed by atoms with Gasteiger partial charge in [-0.3, -0.25) is 4.99 Å². The first-order valence-corrected chi connectivity index (χ1v) is 8.08. The van der Waals surface area contributed by atoms with Crippen LogP contribution in [0.4, 0.5) is 20.9 Å². The first-order chi connectivity index (χ1) is 11.7. The predicted molar refractivity (Wildman–Crippen MR) is 95.9 cm³/mol. The van der Waals surface area contributed by atoms with Gasteiger partial charge in [-0.25, -0.2) is 4.39 Å². The average Bonchev–Trinajstić information content (AvgIpc) is 3.14. The minimum Gasteiger partial charge on any atom is -0.492 e. The topological polar surface area (TPSA) is 57.5 Å². The lowest BCUT2D eigenvalue weighted by atomic mass is 10.1. The summed E-state index contributed by atoms with van der Waals surface area (Å²) in [6, 6.07) is 13.8. The molecule has 0 fully saturated rings. The molecule has 0 spiro atoms. The zero-order chi connectivity index (χ0) is 16.5. The molecular weight excluding hydrogens is 325 g/mol. The Bertz CT molecular complexity index is 961. The molecule has 0 saturated heterocycles. The largest absolute Gasteiger partial charge is 0.492 e. The van der Waals surface area contributed by atoms with Crippen molar-refractivity contribution in [2.75, 3.05) is 5.32 Å². The van der Waals surface area contributed by atoms with E-state index in [-0.39, 0.29) is 11.7 Å².